The van der Waals surface area contributed by atoms with Crippen molar-refractivity contribution in [1.29, 1.82) is 0 Å². The van der Waals surface area contributed by atoms with Gasteiger partial charge in [-0.05, 0) is 58.7 Å². The lowest BCUT2D eigenvalue weighted by Crippen LogP contribution is -2.44. The molecule has 19 heavy (non-hydrogen) atoms. The fourth-order valence-electron chi connectivity index (χ4n) is 3.23. The molecule has 0 heterocycles. The van der Waals surface area contributed by atoms with Crippen LogP contribution in [0.3, 0.4) is 0 Å². The minimum absolute atomic E-state index is 0.624. The summed E-state index contributed by atoms with van der Waals surface area (Å²) in [6, 6.07) is 13.0. The van der Waals surface area contributed by atoms with Crippen molar-refractivity contribution in [2.24, 2.45) is 0 Å². The summed E-state index contributed by atoms with van der Waals surface area (Å²) in [7, 11) is 4.39. The first-order chi connectivity index (χ1) is 9.20. The molecule has 1 N–H and O–H groups in total. The highest BCUT2D eigenvalue weighted by atomic mass is 15.2. The molecule has 0 bridgehead atoms. The van der Waals surface area contributed by atoms with Gasteiger partial charge in [0.15, 0.2) is 0 Å². The van der Waals surface area contributed by atoms with E-state index in [4.69, 9.17) is 0 Å². The quantitative estimate of drug-likeness (QED) is 0.875. The van der Waals surface area contributed by atoms with Crippen LogP contribution in [-0.4, -0.2) is 37.1 Å². The fraction of sp³-hybridized carbons (Fsp3) is 0.647. The van der Waals surface area contributed by atoms with Crippen LogP contribution in [0.25, 0.3) is 0 Å². The lowest BCUT2D eigenvalue weighted by molar-refractivity contribution is 0.135. The Morgan fingerprint density at radius 1 is 1.16 bits per heavy atom. The van der Waals surface area contributed by atoms with Crippen LogP contribution >= 0.6 is 0 Å². The van der Waals surface area contributed by atoms with Crippen molar-refractivity contribution in [3.63, 3.8) is 0 Å². The molecule has 1 aliphatic rings. The minimum Gasteiger partial charge on any atom is -0.317 e. The summed E-state index contributed by atoms with van der Waals surface area (Å²) in [6.07, 6.45) is 6.47. The average molecular weight is 260 g/mol. The van der Waals surface area contributed by atoms with Crippen molar-refractivity contribution < 1.29 is 0 Å². The van der Waals surface area contributed by atoms with E-state index in [9.17, 15) is 0 Å². The lowest BCUT2D eigenvalue weighted by atomic mass is 9.89. The zero-order valence-electron chi connectivity index (χ0n) is 12.6. The zero-order valence-corrected chi connectivity index (χ0v) is 12.6. The van der Waals surface area contributed by atoms with Gasteiger partial charge in [0.25, 0.3) is 0 Å². The molecule has 2 heteroatoms. The molecule has 1 fully saturated rings. The predicted octanol–water partition coefficient (Wildman–Crippen LogP) is 3.08. The van der Waals surface area contributed by atoms with Crippen molar-refractivity contribution in [2.75, 3.05) is 14.1 Å². The SMILES string of the molecule is CNC1CCC(N(C)C(C)Cc2ccccc2)CC1. The topological polar surface area (TPSA) is 15.3 Å². The van der Waals surface area contributed by atoms with Crippen LogP contribution < -0.4 is 5.32 Å². The number of hydrogen-bond acceptors (Lipinski definition) is 2. The van der Waals surface area contributed by atoms with Crippen molar-refractivity contribution in [1.82, 2.24) is 10.2 Å². The van der Waals surface area contributed by atoms with Crippen molar-refractivity contribution in [3.8, 4) is 0 Å². The first kappa shape index (κ1) is 14.5. The summed E-state index contributed by atoms with van der Waals surface area (Å²) in [5.74, 6) is 0. The Kier molecular flexibility index (Phi) is 5.41. The van der Waals surface area contributed by atoms with E-state index in [1.54, 1.807) is 0 Å². The minimum atomic E-state index is 0.624. The molecule has 0 saturated heterocycles. The Labute approximate surface area is 118 Å². The highest BCUT2D eigenvalue weighted by Crippen LogP contribution is 2.24. The van der Waals surface area contributed by atoms with Crippen LogP contribution in [0.1, 0.15) is 38.2 Å². The first-order valence-corrected chi connectivity index (χ1v) is 7.64. The summed E-state index contributed by atoms with van der Waals surface area (Å²) in [6.45, 7) is 2.36. The van der Waals surface area contributed by atoms with E-state index in [0.29, 0.717) is 6.04 Å². The maximum Gasteiger partial charge on any atom is 0.0107 e. The summed E-state index contributed by atoms with van der Waals surface area (Å²) in [5, 5.41) is 3.41. The van der Waals surface area contributed by atoms with Gasteiger partial charge in [-0.25, -0.2) is 0 Å². The molecule has 0 amide bonds. The third kappa shape index (κ3) is 4.05. The maximum atomic E-state index is 3.41. The molecule has 1 aromatic carbocycles. The Morgan fingerprint density at radius 3 is 2.37 bits per heavy atom. The molecular weight excluding hydrogens is 232 g/mol. The molecule has 0 aliphatic heterocycles. The molecular formula is C17H28N2. The Hall–Kier alpha value is -0.860. The van der Waals surface area contributed by atoms with Gasteiger partial charge in [0.1, 0.15) is 0 Å². The number of benzene rings is 1. The molecule has 1 aliphatic carbocycles. The zero-order chi connectivity index (χ0) is 13.7. The van der Waals surface area contributed by atoms with E-state index >= 15 is 0 Å². The van der Waals surface area contributed by atoms with Gasteiger partial charge < -0.3 is 10.2 Å². The van der Waals surface area contributed by atoms with Crippen molar-refractivity contribution in [3.05, 3.63) is 35.9 Å². The number of likely N-dealkylation sites (N-methyl/N-ethyl adjacent to an activating group) is 1. The van der Waals surface area contributed by atoms with Gasteiger partial charge in [-0.3, -0.25) is 0 Å². The standard InChI is InChI=1S/C17H28N2/c1-14(13-15-7-5-4-6-8-15)19(3)17-11-9-16(18-2)10-12-17/h4-8,14,16-18H,9-13H2,1-3H3. The number of nitrogens with zero attached hydrogens (tertiary/aromatic N) is 1. The monoisotopic (exact) mass is 260 g/mol. The average Bonchev–Trinajstić information content (AvgIpc) is 2.47. The molecule has 0 aromatic heterocycles. The Morgan fingerprint density at radius 2 is 1.79 bits per heavy atom. The first-order valence-electron chi connectivity index (χ1n) is 7.64. The van der Waals surface area contributed by atoms with Crippen molar-refractivity contribution >= 4 is 0 Å². The van der Waals surface area contributed by atoms with E-state index in [0.717, 1.165) is 18.5 Å². The van der Waals surface area contributed by atoms with Crippen LogP contribution in [0, 0.1) is 0 Å². The highest BCUT2D eigenvalue weighted by molar-refractivity contribution is 5.15. The van der Waals surface area contributed by atoms with Crippen LogP contribution in [0.15, 0.2) is 30.3 Å². The lowest BCUT2D eigenvalue weighted by Gasteiger charge is -2.38. The molecule has 2 rings (SSSR count). The Balaban J connectivity index is 1.84. The van der Waals surface area contributed by atoms with Crippen LogP contribution in [0.5, 0.6) is 0 Å². The van der Waals surface area contributed by atoms with Gasteiger partial charge in [0.2, 0.25) is 0 Å². The molecule has 0 spiro atoms. The fourth-order valence-corrected chi connectivity index (χ4v) is 3.23. The normalized spacial score (nSPS) is 25.5. The second kappa shape index (κ2) is 7.06. The Bertz CT molecular complexity index is 355. The molecule has 0 radical (unpaired) electrons. The van der Waals surface area contributed by atoms with E-state index in [-0.39, 0.29) is 0 Å². The van der Waals surface area contributed by atoms with Crippen LogP contribution in [0.2, 0.25) is 0 Å². The molecule has 106 valence electrons. The van der Waals surface area contributed by atoms with E-state index in [1.807, 2.05) is 0 Å². The van der Waals surface area contributed by atoms with Gasteiger partial charge in [-0.1, -0.05) is 30.3 Å². The number of rotatable bonds is 5. The largest absolute Gasteiger partial charge is 0.317 e. The molecule has 1 saturated carbocycles. The van der Waals surface area contributed by atoms with Crippen molar-refractivity contribution in [2.45, 2.75) is 57.2 Å². The molecule has 1 aromatic rings. The molecule has 1 atom stereocenters. The number of nitrogens with one attached hydrogen (secondary N) is 1. The second-order valence-electron chi connectivity index (χ2n) is 6.00. The van der Waals surface area contributed by atoms with E-state index in [1.165, 1.54) is 31.2 Å². The van der Waals surface area contributed by atoms with E-state index in [2.05, 4.69) is 61.6 Å². The highest BCUT2D eigenvalue weighted by Gasteiger charge is 2.25. The summed E-state index contributed by atoms with van der Waals surface area (Å²) < 4.78 is 0. The molecule has 1 unspecified atom stereocenters. The third-order valence-electron chi connectivity index (χ3n) is 4.75. The third-order valence-corrected chi connectivity index (χ3v) is 4.75. The van der Waals surface area contributed by atoms with Gasteiger partial charge in [-0.15, -0.1) is 0 Å². The van der Waals surface area contributed by atoms with Gasteiger partial charge >= 0.3 is 0 Å². The van der Waals surface area contributed by atoms with Gasteiger partial charge in [0, 0.05) is 18.1 Å². The smallest absolute Gasteiger partial charge is 0.0107 e. The predicted molar refractivity (Wildman–Crippen MR) is 82.5 cm³/mol. The maximum absolute atomic E-state index is 3.41. The molecule has 2 nitrogen and oxygen atoms in total. The number of hydrogen-bond donors (Lipinski definition) is 1. The van der Waals surface area contributed by atoms with E-state index < -0.39 is 0 Å². The summed E-state index contributed by atoms with van der Waals surface area (Å²) >= 11 is 0. The summed E-state index contributed by atoms with van der Waals surface area (Å²) in [4.78, 5) is 2.60. The van der Waals surface area contributed by atoms with Crippen LogP contribution in [0.4, 0.5) is 0 Å². The summed E-state index contributed by atoms with van der Waals surface area (Å²) in [5.41, 5.74) is 1.45. The second-order valence-corrected chi connectivity index (χ2v) is 6.00. The van der Waals surface area contributed by atoms with Crippen LogP contribution in [-0.2, 0) is 6.42 Å². The van der Waals surface area contributed by atoms with Gasteiger partial charge in [-0.2, -0.15) is 0 Å². The van der Waals surface area contributed by atoms with Gasteiger partial charge in [0.05, 0.1) is 0 Å².